The number of hydrogen-bond acceptors (Lipinski definition) is 3. The van der Waals surface area contributed by atoms with Crippen molar-refractivity contribution in [2.24, 2.45) is 0 Å². The largest absolute Gasteiger partial charge is 0.480 e. The average Bonchev–Trinajstić information content (AvgIpc) is 2.56. The Labute approximate surface area is 148 Å². The number of carboxylic acid groups (broad SMARTS) is 1. The molecule has 1 unspecified atom stereocenters. The van der Waals surface area contributed by atoms with Gasteiger partial charge in [-0.15, -0.1) is 0 Å². The summed E-state index contributed by atoms with van der Waals surface area (Å²) in [6.07, 6.45) is -0.569. The maximum absolute atomic E-state index is 11.9. The van der Waals surface area contributed by atoms with Crippen LogP contribution < -0.4 is 5.32 Å². The van der Waals surface area contributed by atoms with Crippen LogP contribution in [-0.2, 0) is 22.6 Å². The number of aliphatic carboxylic acids is 1. The molecule has 2 rings (SSSR count). The smallest absolute Gasteiger partial charge is 0.408 e. The van der Waals surface area contributed by atoms with Crippen molar-refractivity contribution in [1.82, 2.24) is 5.32 Å². The summed E-state index contributed by atoms with van der Waals surface area (Å²) in [5.41, 5.74) is 2.64. The van der Waals surface area contributed by atoms with E-state index in [1.54, 1.807) is 0 Å². The lowest BCUT2D eigenvalue weighted by Crippen LogP contribution is -2.42. The lowest BCUT2D eigenvalue weighted by Gasteiger charge is -2.16. The number of hydrogen-bond donors (Lipinski definition) is 2. The minimum absolute atomic E-state index is 0.0922. The predicted octanol–water partition coefficient (Wildman–Crippen LogP) is 3.68. The Morgan fingerprint density at radius 3 is 2.58 bits per heavy atom. The Kier molecular flexibility index (Phi) is 6.37. The first-order valence-electron chi connectivity index (χ1n) is 7.41. The molecule has 0 aliphatic heterocycles. The first-order valence-corrected chi connectivity index (χ1v) is 8.20. The molecule has 0 heterocycles. The highest BCUT2D eigenvalue weighted by atomic mass is 79.9. The Balaban J connectivity index is 1.96. The molecule has 6 heteroatoms. The minimum Gasteiger partial charge on any atom is -0.480 e. The van der Waals surface area contributed by atoms with E-state index in [1.807, 2.05) is 55.5 Å². The molecule has 0 aromatic heterocycles. The Hall–Kier alpha value is -2.34. The van der Waals surface area contributed by atoms with Crippen molar-refractivity contribution in [2.75, 3.05) is 0 Å². The third-order valence-corrected chi connectivity index (χ3v) is 4.03. The van der Waals surface area contributed by atoms with E-state index in [0.717, 1.165) is 21.2 Å². The molecule has 2 aromatic carbocycles. The first-order chi connectivity index (χ1) is 11.5. The maximum atomic E-state index is 11.9. The monoisotopic (exact) mass is 391 g/mol. The highest BCUT2D eigenvalue weighted by Crippen LogP contribution is 2.17. The van der Waals surface area contributed by atoms with Gasteiger partial charge in [-0.05, 0) is 35.7 Å². The number of carbonyl (C=O) groups excluding carboxylic acids is 1. The van der Waals surface area contributed by atoms with Crippen LogP contribution in [0.25, 0.3) is 0 Å². The Morgan fingerprint density at radius 1 is 1.21 bits per heavy atom. The lowest BCUT2D eigenvalue weighted by atomic mass is 10.0. The zero-order chi connectivity index (χ0) is 17.5. The van der Waals surface area contributed by atoms with Gasteiger partial charge >= 0.3 is 12.1 Å². The molecule has 0 aliphatic carbocycles. The van der Waals surface area contributed by atoms with E-state index in [9.17, 15) is 14.7 Å². The molecule has 0 radical (unpaired) electrons. The third-order valence-electron chi connectivity index (χ3n) is 3.54. The zero-order valence-corrected chi connectivity index (χ0v) is 14.7. The Morgan fingerprint density at radius 2 is 1.92 bits per heavy atom. The molecule has 1 amide bonds. The van der Waals surface area contributed by atoms with Gasteiger partial charge in [0.2, 0.25) is 0 Å². The number of carbonyl (C=O) groups is 2. The van der Waals surface area contributed by atoms with Crippen molar-refractivity contribution < 1.29 is 19.4 Å². The summed E-state index contributed by atoms with van der Waals surface area (Å²) in [7, 11) is 0. The summed E-state index contributed by atoms with van der Waals surface area (Å²) < 4.78 is 5.94. The average molecular weight is 392 g/mol. The van der Waals surface area contributed by atoms with Crippen LogP contribution >= 0.6 is 15.9 Å². The van der Waals surface area contributed by atoms with Crippen LogP contribution in [-0.4, -0.2) is 23.2 Å². The molecule has 24 heavy (non-hydrogen) atoms. The molecule has 2 aromatic rings. The second kappa shape index (κ2) is 8.49. The first kappa shape index (κ1) is 18.0. The van der Waals surface area contributed by atoms with E-state index >= 15 is 0 Å². The van der Waals surface area contributed by atoms with E-state index < -0.39 is 18.1 Å². The fraction of sp³-hybridized carbons (Fsp3) is 0.222. The fourth-order valence-corrected chi connectivity index (χ4v) is 2.60. The summed E-state index contributed by atoms with van der Waals surface area (Å²) in [6, 6.07) is 13.8. The van der Waals surface area contributed by atoms with Crippen LogP contribution in [0.2, 0.25) is 0 Å². The lowest BCUT2D eigenvalue weighted by molar-refractivity contribution is -0.139. The van der Waals surface area contributed by atoms with Crippen molar-refractivity contribution in [1.29, 1.82) is 0 Å². The number of halogens is 1. The van der Waals surface area contributed by atoms with Crippen molar-refractivity contribution in [3.8, 4) is 0 Å². The van der Waals surface area contributed by atoms with E-state index in [4.69, 9.17) is 4.74 Å². The second-order valence-electron chi connectivity index (χ2n) is 5.37. The van der Waals surface area contributed by atoms with Gasteiger partial charge in [-0.3, -0.25) is 0 Å². The van der Waals surface area contributed by atoms with Crippen molar-refractivity contribution in [3.63, 3.8) is 0 Å². The summed E-state index contributed by atoms with van der Waals surface area (Å²) >= 11 is 3.37. The quantitative estimate of drug-likeness (QED) is 0.787. The van der Waals surface area contributed by atoms with E-state index in [-0.39, 0.29) is 13.0 Å². The molecule has 5 nitrogen and oxygen atoms in total. The number of alkyl carbamates (subject to hydrolysis) is 1. The number of rotatable bonds is 6. The summed E-state index contributed by atoms with van der Waals surface area (Å²) in [5, 5.41) is 11.8. The number of amides is 1. The maximum Gasteiger partial charge on any atom is 0.408 e. The summed E-state index contributed by atoms with van der Waals surface area (Å²) in [5.74, 6) is -1.11. The summed E-state index contributed by atoms with van der Waals surface area (Å²) in [4.78, 5) is 23.3. The second-order valence-corrected chi connectivity index (χ2v) is 6.29. The van der Waals surface area contributed by atoms with Crippen molar-refractivity contribution in [2.45, 2.75) is 26.0 Å². The molecule has 0 saturated heterocycles. The molecule has 126 valence electrons. The van der Waals surface area contributed by atoms with E-state index in [1.165, 1.54) is 0 Å². The molecule has 0 fully saturated rings. The van der Waals surface area contributed by atoms with Crippen LogP contribution in [0.3, 0.4) is 0 Å². The highest BCUT2D eigenvalue weighted by Gasteiger charge is 2.22. The Bertz CT molecular complexity index is 718. The standard InChI is InChI=1S/C18H18BrNO4/c1-12-7-8-15(19)9-14(12)10-16(17(21)22)20-18(23)24-11-13-5-3-2-4-6-13/h2-9,16H,10-11H2,1H3,(H,20,23)(H,21,22). The molecule has 0 bridgehead atoms. The number of benzene rings is 2. The van der Waals surface area contributed by atoms with Crippen LogP contribution in [0.15, 0.2) is 53.0 Å². The predicted molar refractivity (Wildman–Crippen MR) is 93.8 cm³/mol. The van der Waals surface area contributed by atoms with Crippen LogP contribution in [0.5, 0.6) is 0 Å². The van der Waals surface area contributed by atoms with Gasteiger partial charge in [0.05, 0.1) is 0 Å². The third kappa shape index (κ3) is 5.38. The van der Waals surface area contributed by atoms with Crippen LogP contribution in [0.4, 0.5) is 4.79 Å². The molecular formula is C18H18BrNO4. The number of aryl methyl sites for hydroxylation is 1. The number of nitrogens with one attached hydrogen (secondary N) is 1. The van der Waals surface area contributed by atoms with Crippen molar-refractivity contribution in [3.05, 3.63) is 69.7 Å². The molecule has 2 N–H and O–H groups in total. The molecule has 0 aliphatic rings. The van der Waals surface area contributed by atoms with Gasteiger partial charge in [0.25, 0.3) is 0 Å². The van der Waals surface area contributed by atoms with Crippen molar-refractivity contribution >= 4 is 28.0 Å². The van der Waals surface area contributed by atoms with Gasteiger partial charge in [0, 0.05) is 10.9 Å². The van der Waals surface area contributed by atoms with E-state index in [2.05, 4.69) is 21.2 Å². The number of carboxylic acids is 1. The molecule has 0 spiro atoms. The van der Waals surface area contributed by atoms with E-state index in [0.29, 0.717) is 0 Å². The van der Waals surface area contributed by atoms with Crippen LogP contribution in [0, 0.1) is 6.92 Å². The van der Waals surface area contributed by atoms with Crippen LogP contribution in [0.1, 0.15) is 16.7 Å². The minimum atomic E-state index is -1.11. The van der Waals surface area contributed by atoms with Gasteiger partial charge in [0.1, 0.15) is 12.6 Å². The fourth-order valence-electron chi connectivity index (χ4n) is 2.19. The van der Waals surface area contributed by atoms with Gasteiger partial charge in [-0.25, -0.2) is 9.59 Å². The normalized spacial score (nSPS) is 11.6. The topological polar surface area (TPSA) is 75.6 Å². The SMILES string of the molecule is Cc1ccc(Br)cc1CC(NC(=O)OCc1ccccc1)C(=O)O. The molecular weight excluding hydrogens is 374 g/mol. The van der Waals surface area contributed by atoms with Gasteiger partial charge in [-0.2, -0.15) is 0 Å². The van der Waals surface area contributed by atoms with Gasteiger partial charge in [-0.1, -0.05) is 52.3 Å². The van der Waals surface area contributed by atoms with Gasteiger partial charge < -0.3 is 15.2 Å². The van der Waals surface area contributed by atoms with Gasteiger partial charge in [0.15, 0.2) is 0 Å². The highest BCUT2D eigenvalue weighted by molar-refractivity contribution is 9.10. The molecule has 1 atom stereocenters. The number of ether oxygens (including phenoxy) is 1. The zero-order valence-electron chi connectivity index (χ0n) is 13.2. The summed E-state index contributed by atoms with van der Waals surface area (Å²) in [6.45, 7) is 1.99. The molecule has 0 saturated carbocycles.